The Morgan fingerprint density at radius 3 is 0.828 bits per heavy atom. The van der Waals surface area contributed by atoms with Crippen molar-refractivity contribution in [3.63, 3.8) is 0 Å². The zero-order valence-electron chi connectivity index (χ0n) is 29.5. The summed E-state index contributed by atoms with van der Waals surface area (Å²) in [5.74, 6) is -45.1. The maximum absolute atomic E-state index is 15.3. The highest BCUT2D eigenvalue weighted by Crippen LogP contribution is 2.27. The molecule has 2 N–H and O–H groups in total. The third kappa shape index (κ3) is 7.64. The molecular formula is C40H24BF16N. The highest BCUT2D eigenvalue weighted by molar-refractivity contribution is 7.20. The number of benzene rings is 6. The number of aryl methyl sites for hydroxylation is 2. The first kappa shape index (κ1) is 43.3. The van der Waals surface area contributed by atoms with E-state index in [1.54, 1.807) is 0 Å². The van der Waals surface area contributed by atoms with Gasteiger partial charge in [0.05, 0.1) is 23.3 Å². The predicted octanol–water partition coefficient (Wildman–Crippen LogP) is 7.86. The molecule has 6 aromatic carbocycles. The standard InChI is InChI=1S/C24H4BF16.C16H19N/c26-5-1-9(30)17(34)21(38)13(5)25(14-6(27)2-10(31)18(35)22(14)39,15-7(28)3-11(32)19(36)23(15)40)16-8(29)4-12(33)20(37)24(16)41;1-13-7-3-5-9-15(13)11-17-12-16-10-6-4-8-14(16)2/h1-4H;3-10,17H,11-12H2,1-2H3/q-1;/p+1. The van der Waals surface area contributed by atoms with Gasteiger partial charge in [0, 0.05) is 35.4 Å². The van der Waals surface area contributed by atoms with Crippen molar-refractivity contribution in [2.45, 2.75) is 26.9 Å². The number of rotatable bonds is 8. The van der Waals surface area contributed by atoms with Crippen LogP contribution in [0.5, 0.6) is 0 Å². The molecule has 0 aliphatic heterocycles. The first-order valence-electron chi connectivity index (χ1n) is 16.7. The lowest BCUT2D eigenvalue weighted by Crippen LogP contribution is -2.80. The Labute approximate surface area is 318 Å². The summed E-state index contributed by atoms with van der Waals surface area (Å²) in [6.07, 6.45) is -6.18. The van der Waals surface area contributed by atoms with Crippen LogP contribution in [0.25, 0.3) is 0 Å². The van der Waals surface area contributed by atoms with Gasteiger partial charge in [-0.25, -0.2) is 70.2 Å². The number of hydrogen-bond acceptors (Lipinski definition) is 0. The van der Waals surface area contributed by atoms with Gasteiger partial charge in [-0.2, -0.15) is 0 Å². The highest BCUT2D eigenvalue weighted by atomic mass is 19.2. The summed E-state index contributed by atoms with van der Waals surface area (Å²) in [5, 5.41) is 2.37. The van der Waals surface area contributed by atoms with Crippen LogP contribution >= 0.6 is 0 Å². The van der Waals surface area contributed by atoms with E-state index < -0.39 is 145 Å². The zero-order chi connectivity index (χ0) is 43.0. The second-order valence-corrected chi connectivity index (χ2v) is 12.9. The van der Waals surface area contributed by atoms with Gasteiger partial charge in [-0.3, -0.25) is 0 Å². The minimum atomic E-state index is -6.18. The van der Waals surface area contributed by atoms with Crippen LogP contribution in [0.3, 0.4) is 0 Å². The average Bonchev–Trinajstić information content (AvgIpc) is 3.16. The van der Waals surface area contributed by atoms with E-state index in [2.05, 4.69) is 67.7 Å². The van der Waals surface area contributed by atoms with Crippen LogP contribution in [0.4, 0.5) is 70.2 Å². The fourth-order valence-electron chi connectivity index (χ4n) is 6.84. The molecule has 0 spiro atoms. The predicted molar refractivity (Wildman–Crippen MR) is 181 cm³/mol. The van der Waals surface area contributed by atoms with E-state index in [4.69, 9.17) is 0 Å². The number of hydrogen-bond donors (Lipinski definition) is 1. The number of nitrogens with two attached hydrogens (primary N) is 1. The zero-order valence-corrected chi connectivity index (χ0v) is 29.5. The molecule has 0 unspecified atom stereocenters. The van der Waals surface area contributed by atoms with Crippen LogP contribution in [0.15, 0.2) is 72.8 Å². The molecule has 0 atom stereocenters. The van der Waals surface area contributed by atoms with E-state index in [1.807, 2.05) is 0 Å². The van der Waals surface area contributed by atoms with Crippen molar-refractivity contribution in [2.24, 2.45) is 0 Å². The molecule has 0 fully saturated rings. The van der Waals surface area contributed by atoms with Gasteiger partial charge in [0.1, 0.15) is 42.5 Å². The average molecular weight is 833 g/mol. The topological polar surface area (TPSA) is 16.6 Å². The fraction of sp³-hybridized carbons (Fsp3) is 0.100. The molecule has 0 amide bonds. The van der Waals surface area contributed by atoms with Crippen molar-refractivity contribution >= 4 is 28.0 Å². The van der Waals surface area contributed by atoms with Gasteiger partial charge < -0.3 is 5.32 Å². The number of quaternary nitrogens is 1. The van der Waals surface area contributed by atoms with Crippen LogP contribution in [-0.4, -0.2) is 6.15 Å². The van der Waals surface area contributed by atoms with Crippen LogP contribution in [0.1, 0.15) is 22.3 Å². The van der Waals surface area contributed by atoms with Crippen molar-refractivity contribution in [3.8, 4) is 0 Å². The Hall–Kier alpha value is -5.78. The molecule has 0 heterocycles. The summed E-state index contributed by atoms with van der Waals surface area (Å²) in [6.45, 7) is 6.47. The maximum Gasteiger partial charge on any atom is 0.191 e. The first-order valence-corrected chi connectivity index (χ1v) is 16.7. The summed E-state index contributed by atoms with van der Waals surface area (Å²) < 4.78 is 235. The van der Waals surface area contributed by atoms with Crippen molar-refractivity contribution < 1.29 is 75.6 Å². The Balaban J connectivity index is 0.000000313. The lowest BCUT2D eigenvalue weighted by molar-refractivity contribution is -0.686. The Kier molecular flexibility index (Phi) is 12.7. The highest BCUT2D eigenvalue weighted by Gasteiger charge is 2.49. The second kappa shape index (κ2) is 17.0. The quantitative estimate of drug-likeness (QED) is 0.0697. The molecule has 1 nitrogen and oxygen atoms in total. The van der Waals surface area contributed by atoms with Crippen molar-refractivity contribution in [3.05, 3.63) is 188 Å². The molecule has 0 saturated carbocycles. The van der Waals surface area contributed by atoms with Crippen molar-refractivity contribution in [2.75, 3.05) is 0 Å². The van der Waals surface area contributed by atoms with E-state index >= 15 is 35.1 Å². The molecule has 0 aromatic heterocycles. The third-order valence-electron chi connectivity index (χ3n) is 9.58. The molecule has 6 aromatic rings. The van der Waals surface area contributed by atoms with Crippen molar-refractivity contribution in [1.29, 1.82) is 0 Å². The van der Waals surface area contributed by atoms with Crippen LogP contribution in [0, 0.1) is 107 Å². The van der Waals surface area contributed by atoms with Gasteiger partial charge in [-0.1, -0.05) is 48.5 Å². The summed E-state index contributed by atoms with van der Waals surface area (Å²) in [4.78, 5) is 0. The third-order valence-corrected chi connectivity index (χ3v) is 9.58. The lowest BCUT2D eigenvalue weighted by Gasteiger charge is -2.44. The van der Waals surface area contributed by atoms with Gasteiger partial charge in [-0.05, 0) is 25.0 Å². The second-order valence-electron chi connectivity index (χ2n) is 12.9. The molecule has 0 bridgehead atoms. The van der Waals surface area contributed by atoms with E-state index in [1.165, 1.54) is 22.3 Å². The summed E-state index contributed by atoms with van der Waals surface area (Å²) in [5.41, 5.74) is -5.31. The van der Waals surface area contributed by atoms with Crippen LogP contribution < -0.4 is 27.2 Å². The molecule has 0 radical (unpaired) electrons. The molecular weight excluding hydrogens is 809 g/mol. The van der Waals surface area contributed by atoms with Crippen LogP contribution in [0.2, 0.25) is 0 Å². The van der Waals surface area contributed by atoms with Crippen molar-refractivity contribution in [1.82, 2.24) is 0 Å². The van der Waals surface area contributed by atoms with E-state index in [0.29, 0.717) is 0 Å². The van der Waals surface area contributed by atoms with Gasteiger partial charge in [-0.15, -0.1) is 21.9 Å². The minimum Gasteiger partial charge on any atom is -0.339 e. The lowest BCUT2D eigenvalue weighted by atomic mass is 9.12. The maximum atomic E-state index is 15.3. The normalized spacial score (nSPS) is 11.5. The minimum absolute atomic E-state index is 0.731. The summed E-state index contributed by atoms with van der Waals surface area (Å²) in [7, 11) is 0. The molecule has 0 saturated heterocycles. The molecule has 0 aliphatic carbocycles. The Bertz CT molecular complexity index is 2250. The number of halogens is 16. The molecule has 0 aliphatic rings. The van der Waals surface area contributed by atoms with Gasteiger partial charge >= 0.3 is 0 Å². The molecule has 18 heteroatoms. The van der Waals surface area contributed by atoms with Gasteiger partial charge in [0.2, 0.25) is 0 Å². The largest absolute Gasteiger partial charge is 0.339 e. The summed E-state index contributed by atoms with van der Waals surface area (Å²) >= 11 is 0. The SMILES string of the molecule is Cc1ccccc1C[NH2+]Cc1ccccc1C.Fc1cc(F)c([B-](c2c(F)cc(F)c(F)c2F)(c2c(F)cc(F)c(F)c2F)c2c(F)cc(F)c(F)c2F)c(F)c1F. The fourth-order valence-corrected chi connectivity index (χ4v) is 6.84. The van der Waals surface area contributed by atoms with E-state index in [-0.39, 0.29) is 0 Å². The molecule has 304 valence electrons. The Morgan fingerprint density at radius 2 is 0.586 bits per heavy atom. The summed E-state index contributed by atoms with van der Waals surface area (Å²) in [6, 6.07) is 14.3. The Morgan fingerprint density at radius 1 is 0.345 bits per heavy atom. The monoisotopic (exact) mass is 833 g/mol. The van der Waals surface area contributed by atoms with Gasteiger partial charge in [0.25, 0.3) is 0 Å². The van der Waals surface area contributed by atoms with Gasteiger partial charge in [0.15, 0.2) is 46.5 Å². The molecule has 58 heavy (non-hydrogen) atoms. The van der Waals surface area contributed by atoms with Crippen LogP contribution in [-0.2, 0) is 13.1 Å². The van der Waals surface area contributed by atoms with E-state index in [9.17, 15) is 35.1 Å². The first-order chi connectivity index (χ1) is 27.3. The molecule has 6 rings (SSSR count). The van der Waals surface area contributed by atoms with E-state index in [0.717, 1.165) is 13.1 Å². The smallest absolute Gasteiger partial charge is 0.191 e.